The first-order valence-electron chi connectivity index (χ1n) is 12.5. The largest absolute Gasteiger partial charge is 0.318 e. The van der Waals surface area contributed by atoms with E-state index in [1.807, 2.05) is 36.4 Å². The highest BCUT2D eigenvalue weighted by atomic mass is 35.5. The van der Waals surface area contributed by atoms with Crippen molar-refractivity contribution >= 4 is 74.7 Å². The summed E-state index contributed by atoms with van der Waals surface area (Å²) in [6, 6.07) is 20.0. The van der Waals surface area contributed by atoms with E-state index in [0.717, 1.165) is 11.1 Å². The Kier molecular flexibility index (Phi) is 7.84. The van der Waals surface area contributed by atoms with Crippen molar-refractivity contribution in [1.82, 2.24) is 14.9 Å². The number of thioether (sulfide) groups is 1. The van der Waals surface area contributed by atoms with Gasteiger partial charge in [-0.3, -0.25) is 14.9 Å². The number of rotatable bonds is 6. The zero-order valence-corrected chi connectivity index (χ0v) is 25.1. The monoisotopic (exact) mass is 650 g/mol. The molecule has 0 saturated heterocycles. The van der Waals surface area contributed by atoms with Crippen molar-refractivity contribution in [2.24, 2.45) is 5.10 Å². The molecule has 1 amide bonds. The van der Waals surface area contributed by atoms with Gasteiger partial charge in [0.25, 0.3) is 5.69 Å². The van der Waals surface area contributed by atoms with Crippen molar-refractivity contribution in [3.05, 3.63) is 115 Å². The normalized spacial score (nSPS) is 13.5. The topological polar surface area (TPSA) is 115 Å². The molecule has 5 aromatic rings. The maximum atomic E-state index is 14.7. The summed E-state index contributed by atoms with van der Waals surface area (Å²) in [5, 5.41) is 28.9. The van der Waals surface area contributed by atoms with E-state index in [1.165, 1.54) is 59.0 Å². The molecule has 0 spiro atoms. The minimum atomic E-state index is -0.692. The number of halogens is 3. The van der Waals surface area contributed by atoms with Crippen LogP contribution in [0.1, 0.15) is 18.1 Å². The molecule has 2 aromatic heterocycles. The first-order chi connectivity index (χ1) is 20.7. The third-order valence-corrected chi connectivity index (χ3v) is 8.83. The summed E-state index contributed by atoms with van der Waals surface area (Å²) >= 11 is 15.0. The Labute approximate surface area is 261 Å². The molecule has 14 heteroatoms. The van der Waals surface area contributed by atoms with Gasteiger partial charge in [0.1, 0.15) is 11.5 Å². The zero-order chi connectivity index (χ0) is 30.2. The van der Waals surface area contributed by atoms with Gasteiger partial charge in [0.2, 0.25) is 11.1 Å². The number of hydrogen-bond acceptors (Lipinski definition) is 8. The van der Waals surface area contributed by atoms with E-state index in [4.69, 9.17) is 28.3 Å². The second kappa shape index (κ2) is 11.7. The molecule has 9 nitrogen and oxygen atoms in total. The predicted octanol–water partition coefficient (Wildman–Crippen LogP) is 8.39. The molecule has 0 atom stereocenters. The van der Waals surface area contributed by atoms with Gasteiger partial charge in [0, 0.05) is 35.1 Å². The number of carbonyl (C=O) groups is 1. The number of nitrogens with zero attached hydrogens (tertiary/aromatic N) is 5. The third-order valence-electron chi connectivity index (χ3n) is 6.21. The highest BCUT2D eigenvalue weighted by Gasteiger charge is 2.29. The van der Waals surface area contributed by atoms with Crippen LogP contribution < -0.4 is 5.32 Å². The van der Waals surface area contributed by atoms with Gasteiger partial charge < -0.3 is 5.32 Å². The second-order valence-corrected chi connectivity index (χ2v) is 12.1. The first kappa shape index (κ1) is 28.7. The van der Waals surface area contributed by atoms with Gasteiger partial charge in [-0.15, -0.1) is 21.5 Å². The average molecular weight is 652 g/mol. The number of hydrogen-bond donors (Lipinski definition) is 1. The van der Waals surface area contributed by atoms with Crippen molar-refractivity contribution in [3.8, 4) is 21.8 Å². The van der Waals surface area contributed by atoms with Crippen LogP contribution in [0.25, 0.3) is 27.9 Å². The van der Waals surface area contributed by atoms with Crippen LogP contribution >= 0.6 is 46.3 Å². The number of fused-ring (bicyclic) bond motifs is 1. The molecule has 0 aliphatic carbocycles. The molecule has 1 aliphatic rings. The standard InChI is InChI=1S/C29H17Cl2FN6O3S2/c1-15(39)33-25-13-19(17-7-3-2-4-8-17)27(43-25)28-34-35-29-37(28)36-26(20-12-23(32)22(31)14-21(20)30)24(42-29)11-16-6-5-9-18(10-16)38(40)41/h2-14H,1H3,(H,33,39)/b24-11-. The Balaban J connectivity index is 1.55. The average Bonchev–Trinajstić information content (AvgIpc) is 3.58. The van der Waals surface area contributed by atoms with Crippen LogP contribution in [0, 0.1) is 15.9 Å². The van der Waals surface area contributed by atoms with Gasteiger partial charge in [-0.1, -0.05) is 65.7 Å². The second-order valence-electron chi connectivity index (χ2n) is 9.18. The predicted molar refractivity (Wildman–Crippen MR) is 168 cm³/mol. The zero-order valence-electron chi connectivity index (χ0n) is 21.9. The minimum Gasteiger partial charge on any atom is -0.318 e. The molecule has 214 valence electrons. The first-order valence-corrected chi connectivity index (χ1v) is 14.9. The maximum Gasteiger partial charge on any atom is 0.270 e. The van der Waals surface area contributed by atoms with Crippen LogP contribution in [0.5, 0.6) is 0 Å². The van der Waals surface area contributed by atoms with Crippen molar-refractivity contribution in [3.63, 3.8) is 0 Å². The number of nitrogens with one attached hydrogen (secondary N) is 1. The van der Waals surface area contributed by atoms with Crippen molar-refractivity contribution < 1.29 is 14.1 Å². The maximum absolute atomic E-state index is 14.7. The molecule has 1 N–H and O–H groups in total. The van der Waals surface area contributed by atoms with Crippen LogP contribution in [0.4, 0.5) is 15.1 Å². The van der Waals surface area contributed by atoms with Crippen LogP contribution in [0.2, 0.25) is 10.0 Å². The summed E-state index contributed by atoms with van der Waals surface area (Å²) in [4.78, 5) is 23.9. The van der Waals surface area contributed by atoms with Crippen LogP contribution in [-0.2, 0) is 4.79 Å². The molecule has 3 aromatic carbocycles. The molecule has 0 saturated carbocycles. The fourth-order valence-electron chi connectivity index (χ4n) is 4.35. The van der Waals surface area contributed by atoms with Crippen LogP contribution in [0.15, 0.2) is 88.0 Å². The lowest BCUT2D eigenvalue weighted by atomic mass is 10.1. The van der Waals surface area contributed by atoms with E-state index >= 15 is 0 Å². The number of benzene rings is 3. The molecule has 0 unspecified atom stereocenters. The number of carbonyl (C=O) groups excluding carboxylic acids is 1. The van der Waals surface area contributed by atoms with E-state index < -0.39 is 10.7 Å². The summed E-state index contributed by atoms with van der Waals surface area (Å²) in [6.07, 6.45) is 1.69. The number of non-ortho nitro benzene ring substituents is 1. The third kappa shape index (κ3) is 5.82. The lowest BCUT2D eigenvalue weighted by Gasteiger charge is -2.18. The van der Waals surface area contributed by atoms with E-state index in [1.54, 1.807) is 18.2 Å². The van der Waals surface area contributed by atoms with Crippen molar-refractivity contribution in [2.75, 3.05) is 5.32 Å². The Morgan fingerprint density at radius 1 is 1.02 bits per heavy atom. The van der Waals surface area contributed by atoms with Crippen molar-refractivity contribution in [1.29, 1.82) is 0 Å². The van der Waals surface area contributed by atoms with Gasteiger partial charge in [-0.2, -0.15) is 9.78 Å². The molecular formula is C29H17Cl2FN6O3S2. The van der Waals surface area contributed by atoms with Gasteiger partial charge >= 0.3 is 0 Å². The molecule has 6 rings (SSSR count). The SMILES string of the molecule is CC(=O)Nc1cc(-c2ccccc2)c(-c2nnc3n2N=C(c2cc(F)c(Cl)cc2Cl)/C(=C/c2cccc([N+](=O)[O-])c2)S3)s1. The molecular weight excluding hydrogens is 634 g/mol. The highest BCUT2D eigenvalue weighted by molar-refractivity contribution is 8.04. The van der Waals surface area contributed by atoms with Crippen LogP contribution in [-0.4, -0.2) is 31.4 Å². The van der Waals surface area contributed by atoms with Crippen LogP contribution in [0.3, 0.4) is 0 Å². The Bertz CT molecular complexity index is 1990. The van der Waals surface area contributed by atoms with E-state index in [0.29, 0.717) is 31.3 Å². The van der Waals surface area contributed by atoms with Gasteiger partial charge in [-0.25, -0.2) is 4.39 Å². The van der Waals surface area contributed by atoms with Gasteiger partial charge in [0.15, 0.2) is 5.82 Å². The molecule has 43 heavy (non-hydrogen) atoms. The summed E-state index contributed by atoms with van der Waals surface area (Å²) in [6.45, 7) is 1.43. The molecule has 0 radical (unpaired) electrons. The number of nitro benzene ring substituents is 1. The number of nitro groups is 1. The lowest BCUT2D eigenvalue weighted by molar-refractivity contribution is -0.384. The molecule has 3 heterocycles. The number of amides is 1. The Morgan fingerprint density at radius 3 is 2.56 bits per heavy atom. The van der Waals surface area contributed by atoms with Gasteiger partial charge in [-0.05, 0) is 47.2 Å². The number of aromatic nitrogens is 3. The fraction of sp³-hybridized carbons (Fsp3) is 0.0345. The van der Waals surface area contributed by atoms with E-state index in [9.17, 15) is 19.3 Å². The van der Waals surface area contributed by atoms with Gasteiger partial charge in [0.05, 0.1) is 24.8 Å². The highest BCUT2D eigenvalue weighted by Crippen LogP contribution is 2.44. The number of anilines is 1. The Hall–Kier alpha value is -4.36. The molecule has 1 aliphatic heterocycles. The molecule has 0 fully saturated rings. The van der Waals surface area contributed by atoms with E-state index in [2.05, 4.69) is 15.5 Å². The number of thiophene rings is 1. The summed E-state index contributed by atoms with van der Waals surface area (Å²) in [5.41, 5.74) is 2.67. The fourth-order valence-corrected chi connectivity index (χ4v) is 6.85. The quantitative estimate of drug-likeness (QED) is 0.112. The smallest absolute Gasteiger partial charge is 0.270 e. The van der Waals surface area contributed by atoms with Crippen molar-refractivity contribution in [2.45, 2.75) is 12.1 Å². The summed E-state index contributed by atoms with van der Waals surface area (Å²) in [5.74, 6) is -0.523. The summed E-state index contributed by atoms with van der Waals surface area (Å²) < 4.78 is 16.3. The number of allylic oxidation sites excluding steroid dienone is 1. The van der Waals surface area contributed by atoms with E-state index in [-0.39, 0.29) is 32.9 Å². The molecule has 0 bridgehead atoms. The minimum absolute atomic E-state index is 0.0872. The summed E-state index contributed by atoms with van der Waals surface area (Å²) in [7, 11) is 0. The Morgan fingerprint density at radius 2 is 1.81 bits per heavy atom. The lowest BCUT2D eigenvalue weighted by Crippen LogP contribution is -2.13.